The van der Waals surface area contributed by atoms with Gasteiger partial charge in [0.15, 0.2) is 0 Å². The molecule has 0 saturated heterocycles. The Hall–Kier alpha value is -0.750. The normalized spacial score (nSPS) is 15.1. The van der Waals surface area contributed by atoms with Crippen molar-refractivity contribution in [1.82, 2.24) is 0 Å². The topological polar surface area (TPSA) is 32.3 Å². The highest BCUT2D eigenvalue weighted by Crippen LogP contribution is 2.33. The minimum Gasteiger partial charge on any atom is -0.396 e. The molecule has 2 N–H and O–H groups in total. The lowest BCUT2D eigenvalue weighted by molar-refractivity contribution is -0.137. The van der Waals surface area contributed by atoms with Gasteiger partial charge in [-0.2, -0.15) is 13.2 Å². The maximum absolute atomic E-state index is 12.7. The van der Waals surface area contributed by atoms with Gasteiger partial charge in [-0.25, -0.2) is 0 Å². The van der Waals surface area contributed by atoms with Gasteiger partial charge in [0.05, 0.1) is 12.2 Å². The van der Waals surface area contributed by atoms with Gasteiger partial charge in [-0.15, -0.1) is 0 Å². The number of anilines is 1. The molecule has 1 aromatic carbocycles. The molecule has 0 aromatic heterocycles. The SMILES string of the molecule is CCC(C)(CO)CNc1cc(Br)cc(C(F)(F)F)c1. The molecule has 0 spiro atoms. The van der Waals surface area contributed by atoms with E-state index in [4.69, 9.17) is 0 Å². The second kappa shape index (κ2) is 6.13. The Morgan fingerprint density at radius 3 is 2.37 bits per heavy atom. The van der Waals surface area contributed by atoms with Gasteiger partial charge in [-0.3, -0.25) is 0 Å². The molecule has 0 amide bonds. The van der Waals surface area contributed by atoms with Crippen molar-refractivity contribution in [3.05, 3.63) is 28.2 Å². The lowest BCUT2D eigenvalue weighted by atomic mass is 9.88. The number of alkyl halides is 3. The van der Waals surface area contributed by atoms with Gasteiger partial charge >= 0.3 is 6.18 Å². The molecule has 0 aliphatic heterocycles. The second-order valence-corrected chi connectivity index (χ2v) is 5.82. The van der Waals surface area contributed by atoms with Gasteiger partial charge in [-0.05, 0) is 24.6 Å². The molecule has 1 rings (SSSR count). The third-order valence-electron chi connectivity index (χ3n) is 3.18. The molecule has 6 heteroatoms. The first kappa shape index (κ1) is 16.3. The van der Waals surface area contributed by atoms with Gasteiger partial charge in [-0.1, -0.05) is 29.8 Å². The molecule has 19 heavy (non-hydrogen) atoms. The third kappa shape index (κ3) is 4.69. The number of hydrogen-bond donors (Lipinski definition) is 2. The van der Waals surface area contributed by atoms with Crippen molar-refractivity contribution in [3.63, 3.8) is 0 Å². The summed E-state index contributed by atoms with van der Waals surface area (Å²) in [5.41, 5.74) is -0.665. The molecule has 0 saturated carbocycles. The summed E-state index contributed by atoms with van der Waals surface area (Å²) in [7, 11) is 0. The molecular formula is C13H17BrF3NO. The van der Waals surface area contributed by atoms with E-state index in [0.717, 1.165) is 18.6 Å². The van der Waals surface area contributed by atoms with E-state index in [9.17, 15) is 18.3 Å². The van der Waals surface area contributed by atoms with E-state index < -0.39 is 11.7 Å². The summed E-state index contributed by atoms with van der Waals surface area (Å²) in [6.07, 6.45) is -3.64. The zero-order valence-corrected chi connectivity index (χ0v) is 12.4. The van der Waals surface area contributed by atoms with Crippen molar-refractivity contribution in [2.24, 2.45) is 5.41 Å². The Bertz CT molecular complexity index is 430. The summed E-state index contributed by atoms with van der Waals surface area (Å²) in [6.45, 7) is 4.20. The summed E-state index contributed by atoms with van der Waals surface area (Å²) in [6, 6.07) is 3.69. The van der Waals surface area contributed by atoms with E-state index >= 15 is 0 Å². The molecule has 0 heterocycles. The van der Waals surface area contributed by atoms with Crippen molar-refractivity contribution >= 4 is 21.6 Å². The molecule has 0 aliphatic rings. The van der Waals surface area contributed by atoms with Crippen LogP contribution in [0.5, 0.6) is 0 Å². The van der Waals surface area contributed by atoms with Crippen LogP contribution in [0.3, 0.4) is 0 Å². The summed E-state index contributed by atoms with van der Waals surface area (Å²) in [4.78, 5) is 0. The van der Waals surface area contributed by atoms with E-state index in [1.807, 2.05) is 13.8 Å². The van der Waals surface area contributed by atoms with E-state index in [0.29, 0.717) is 16.7 Å². The average molecular weight is 340 g/mol. The van der Waals surface area contributed by atoms with E-state index in [1.54, 1.807) is 6.07 Å². The summed E-state index contributed by atoms with van der Waals surface area (Å²) >= 11 is 3.07. The Labute approximate surface area is 119 Å². The number of nitrogens with one attached hydrogen (secondary N) is 1. The molecule has 1 aromatic rings. The predicted octanol–water partition coefficient (Wildman–Crippen LogP) is 4.29. The maximum Gasteiger partial charge on any atom is 0.416 e. The zero-order chi connectivity index (χ0) is 14.7. The van der Waals surface area contributed by atoms with Crippen LogP contribution in [0.2, 0.25) is 0 Å². The fourth-order valence-corrected chi connectivity index (χ4v) is 1.96. The van der Waals surface area contributed by atoms with Crippen LogP contribution in [0.25, 0.3) is 0 Å². The second-order valence-electron chi connectivity index (χ2n) is 4.90. The first-order chi connectivity index (χ1) is 8.70. The van der Waals surface area contributed by atoms with Crippen LogP contribution in [-0.2, 0) is 6.18 Å². The Morgan fingerprint density at radius 1 is 1.26 bits per heavy atom. The lowest BCUT2D eigenvalue weighted by Gasteiger charge is -2.26. The molecule has 0 radical (unpaired) electrons. The van der Waals surface area contributed by atoms with Gasteiger partial charge in [0, 0.05) is 22.1 Å². The first-order valence-electron chi connectivity index (χ1n) is 5.93. The van der Waals surface area contributed by atoms with Crippen LogP contribution in [-0.4, -0.2) is 18.3 Å². The van der Waals surface area contributed by atoms with Gasteiger partial charge < -0.3 is 10.4 Å². The van der Waals surface area contributed by atoms with Gasteiger partial charge in [0.2, 0.25) is 0 Å². The Kier molecular flexibility index (Phi) is 5.26. The van der Waals surface area contributed by atoms with Crippen molar-refractivity contribution in [2.45, 2.75) is 26.4 Å². The van der Waals surface area contributed by atoms with Crippen LogP contribution < -0.4 is 5.32 Å². The fourth-order valence-electron chi connectivity index (χ4n) is 1.46. The summed E-state index contributed by atoms with van der Waals surface area (Å²) in [5.74, 6) is 0. The average Bonchev–Trinajstić information content (AvgIpc) is 2.34. The Morgan fingerprint density at radius 2 is 1.89 bits per heavy atom. The van der Waals surface area contributed by atoms with Crippen LogP contribution in [0.4, 0.5) is 18.9 Å². The third-order valence-corrected chi connectivity index (χ3v) is 3.64. The number of aliphatic hydroxyl groups is 1. The van der Waals surface area contributed by atoms with Gasteiger partial charge in [0.1, 0.15) is 0 Å². The molecule has 0 fully saturated rings. The highest BCUT2D eigenvalue weighted by molar-refractivity contribution is 9.10. The van der Waals surface area contributed by atoms with Crippen molar-refractivity contribution in [1.29, 1.82) is 0 Å². The van der Waals surface area contributed by atoms with Crippen LogP contribution in [0, 0.1) is 5.41 Å². The summed E-state index contributed by atoms with van der Waals surface area (Å²) in [5, 5.41) is 12.2. The molecular weight excluding hydrogens is 323 g/mol. The van der Waals surface area contributed by atoms with Crippen molar-refractivity contribution < 1.29 is 18.3 Å². The minimum atomic E-state index is -4.37. The van der Waals surface area contributed by atoms with Crippen LogP contribution in [0.1, 0.15) is 25.8 Å². The lowest BCUT2D eigenvalue weighted by Crippen LogP contribution is -2.29. The van der Waals surface area contributed by atoms with E-state index in [2.05, 4.69) is 21.2 Å². The fraction of sp³-hybridized carbons (Fsp3) is 0.538. The standard InChI is InChI=1S/C13H17BrF3NO/c1-3-12(2,8-19)7-18-11-5-9(13(15,16)17)4-10(14)6-11/h4-6,18-19H,3,7-8H2,1-2H3. The first-order valence-corrected chi connectivity index (χ1v) is 6.72. The van der Waals surface area contributed by atoms with Gasteiger partial charge in [0.25, 0.3) is 0 Å². The molecule has 1 unspecified atom stereocenters. The molecule has 2 nitrogen and oxygen atoms in total. The zero-order valence-electron chi connectivity index (χ0n) is 10.8. The number of halogens is 4. The number of aliphatic hydroxyl groups excluding tert-OH is 1. The van der Waals surface area contributed by atoms with Crippen LogP contribution >= 0.6 is 15.9 Å². The van der Waals surface area contributed by atoms with E-state index in [1.165, 1.54) is 0 Å². The smallest absolute Gasteiger partial charge is 0.396 e. The largest absolute Gasteiger partial charge is 0.416 e. The number of hydrogen-bond acceptors (Lipinski definition) is 2. The number of rotatable bonds is 5. The summed E-state index contributed by atoms with van der Waals surface area (Å²) < 4.78 is 38.4. The van der Waals surface area contributed by atoms with Crippen LogP contribution in [0.15, 0.2) is 22.7 Å². The molecule has 0 bridgehead atoms. The van der Waals surface area contributed by atoms with Crippen molar-refractivity contribution in [2.75, 3.05) is 18.5 Å². The molecule has 0 aliphatic carbocycles. The highest BCUT2D eigenvalue weighted by Gasteiger charge is 2.31. The van der Waals surface area contributed by atoms with Crippen molar-refractivity contribution in [3.8, 4) is 0 Å². The monoisotopic (exact) mass is 339 g/mol. The molecule has 108 valence electrons. The molecule has 1 atom stereocenters. The highest BCUT2D eigenvalue weighted by atomic mass is 79.9. The minimum absolute atomic E-state index is 0.0172. The van der Waals surface area contributed by atoms with E-state index in [-0.39, 0.29) is 12.0 Å². The Balaban J connectivity index is 2.88. The quantitative estimate of drug-likeness (QED) is 0.838. The number of benzene rings is 1. The predicted molar refractivity (Wildman–Crippen MR) is 73.1 cm³/mol. The maximum atomic E-state index is 12.7.